The van der Waals surface area contributed by atoms with E-state index in [1.807, 2.05) is 12.1 Å². The molecule has 2 rings (SSSR count). The van der Waals surface area contributed by atoms with Gasteiger partial charge in [0.2, 0.25) is 5.95 Å². The fourth-order valence-corrected chi connectivity index (χ4v) is 1.44. The highest BCUT2D eigenvalue weighted by molar-refractivity contribution is 5.73. The Morgan fingerprint density at radius 3 is 2.50 bits per heavy atom. The van der Waals surface area contributed by atoms with Crippen LogP contribution in [0.5, 0.6) is 0 Å². The van der Waals surface area contributed by atoms with Crippen molar-refractivity contribution in [2.24, 2.45) is 0 Å². The molecule has 0 fully saturated rings. The van der Waals surface area contributed by atoms with Crippen LogP contribution in [-0.4, -0.2) is 27.9 Å². The van der Waals surface area contributed by atoms with E-state index in [0.29, 0.717) is 11.0 Å². The summed E-state index contributed by atoms with van der Waals surface area (Å²) in [6.45, 7) is 0.166. The minimum absolute atomic E-state index is 0.0142. The highest BCUT2D eigenvalue weighted by Gasteiger charge is 2.25. The first-order valence-corrected chi connectivity index (χ1v) is 5.45. The molecule has 7 heteroatoms. The maximum Gasteiger partial charge on any atom is 0.389 e. The third kappa shape index (κ3) is 3.54. The van der Waals surface area contributed by atoms with Gasteiger partial charge in [-0.25, -0.2) is 4.98 Å². The van der Waals surface area contributed by atoms with Crippen LogP contribution in [0.15, 0.2) is 24.3 Å². The Morgan fingerprint density at radius 2 is 1.78 bits per heavy atom. The van der Waals surface area contributed by atoms with Crippen molar-refractivity contribution < 1.29 is 13.2 Å². The fraction of sp³-hybridized carbons (Fsp3) is 0.364. The molecule has 0 amide bonds. The fourth-order valence-electron chi connectivity index (χ4n) is 1.44. The van der Waals surface area contributed by atoms with Gasteiger partial charge < -0.3 is 5.32 Å². The van der Waals surface area contributed by atoms with Gasteiger partial charge in [-0.15, -0.1) is 10.2 Å². The largest absolute Gasteiger partial charge is 0.389 e. The lowest BCUT2D eigenvalue weighted by Crippen LogP contribution is -2.12. The van der Waals surface area contributed by atoms with Crippen molar-refractivity contribution in [1.29, 1.82) is 0 Å². The topological polar surface area (TPSA) is 50.7 Å². The number of hydrogen-bond donors (Lipinski definition) is 1. The van der Waals surface area contributed by atoms with Gasteiger partial charge in [-0.05, 0) is 18.6 Å². The van der Waals surface area contributed by atoms with Crippen LogP contribution in [0.3, 0.4) is 0 Å². The Labute approximate surface area is 101 Å². The van der Waals surface area contributed by atoms with Gasteiger partial charge in [-0.3, -0.25) is 0 Å². The summed E-state index contributed by atoms with van der Waals surface area (Å²) in [5.74, 6) is 0.246. The number of nitrogens with zero attached hydrogens (tertiary/aromatic N) is 3. The Morgan fingerprint density at radius 1 is 1.06 bits per heavy atom. The average molecular weight is 256 g/mol. The molecule has 0 saturated carbocycles. The predicted molar refractivity (Wildman–Crippen MR) is 61.1 cm³/mol. The molecule has 96 valence electrons. The first-order valence-electron chi connectivity index (χ1n) is 5.45. The van der Waals surface area contributed by atoms with E-state index in [9.17, 15) is 13.2 Å². The second-order valence-corrected chi connectivity index (χ2v) is 3.77. The summed E-state index contributed by atoms with van der Waals surface area (Å²) < 4.78 is 35.8. The summed E-state index contributed by atoms with van der Waals surface area (Å²) >= 11 is 0. The van der Waals surface area contributed by atoms with Gasteiger partial charge in [0.25, 0.3) is 0 Å². The van der Waals surface area contributed by atoms with E-state index in [1.54, 1.807) is 12.1 Å². The molecule has 0 aliphatic rings. The van der Waals surface area contributed by atoms with Crippen molar-refractivity contribution in [2.75, 3.05) is 11.9 Å². The quantitative estimate of drug-likeness (QED) is 0.854. The van der Waals surface area contributed by atoms with E-state index in [4.69, 9.17) is 0 Å². The summed E-state index contributed by atoms with van der Waals surface area (Å²) in [7, 11) is 0. The number of alkyl halides is 3. The van der Waals surface area contributed by atoms with Crippen LogP contribution in [0.25, 0.3) is 11.0 Å². The van der Waals surface area contributed by atoms with Crippen molar-refractivity contribution in [1.82, 2.24) is 15.2 Å². The summed E-state index contributed by atoms with van der Waals surface area (Å²) in [6.07, 6.45) is -4.95. The minimum atomic E-state index is -4.12. The summed E-state index contributed by atoms with van der Waals surface area (Å²) in [6, 6.07) is 7.16. The normalized spacial score (nSPS) is 11.7. The molecule has 1 heterocycles. The van der Waals surface area contributed by atoms with Crippen LogP contribution in [0.4, 0.5) is 19.1 Å². The smallest absolute Gasteiger partial charge is 0.353 e. The Balaban J connectivity index is 1.92. The highest BCUT2D eigenvalue weighted by atomic mass is 19.4. The molecule has 0 bridgehead atoms. The van der Waals surface area contributed by atoms with Gasteiger partial charge in [0.15, 0.2) is 0 Å². The van der Waals surface area contributed by atoms with Crippen molar-refractivity contribution in [3.8, 4) is 0 Å². The number of rotatable bonds is 4. The van der Waals surface area contributed by atoms with Crippen molar-refractivity contribution in [3.63, 3.8) is 0 Å². The zero-order valence-corrected chi connectivity index (χ0v) is 9.41. The molecule has 4 nitrogen and oxygen atoms in total. The van der Waals surface area contributed by atoms with Crippen LogP contribution in [-0.2, 0) is 0 Å². The van der Waals surface area contributed by atoms with Gasteiger partial charge in [0.05, 0.1) is 5.52 Å². The average Bonchev–Trinajstić information content (AvgIpc) is 2.33. The zero-order valence-electron chi connectivity index (χ0n) is 9.41. The molecule has 0 radical (unpaired) electrons. The molecule has 1 aromatic heterocycles. The van der Waals surface area contributed by atoms with Crippen LogP contribution < -0.4 is 5.32 Å². The predicted octanol–water partition coefficient (Wildman–Crippen LogP) is 2.78. The van der Waals surface area contributed by atoms with Crippen LogP contribution in [0.1, 0.15) is 12.8 Å². The molecule has 0 saturated heterocycles. The first kappa shape index (κ1) is 12.5. The van der Waals surface area contributed by atoms with Gasteiger partial charge in [-0.2, -0.15) is 13.2 Å². The molecular weight excluding hydrogens is 245 g/mol. The number of fused-ring (bicyclic) bond motifs is 1. The van der Waals surface area contributed by atoms with E-state index < -0.39 is 12.6 Å². The maximum atomic E-state index is 11.9. The number of anilines is 1. The minimum Gasteiger partial charge on any atom is -0.353 e. The van der Waals surface area contributed by atoms with Crippen molar-refractivity contribution >= 4 is 17.0 Å². The molecule has 1 N–H and O–H groups in total. The molecular formula is C11H11F3N4. The second-order valence-electron chi connectivity index (χ2n) is 3.77. The third-order valence-electron chi connectivity index (χ3n) is 2.28. The molecule has 0 aliphatic heterocycles. The lowest BCUT2D eigenvalue weighted by molar-refractivity contribution is -0.134. The SMILES string of the molecule is FC(F)(F)CCCNc1nnc2ccccc2n1. The van der Waals surface area contributed by atoms with Gasteiger partial charge in [0.1, 0.15) is 5.52 Å². The van der Waals surface area contributed by atoms with E-state index >= 15 is 0 Å². The molecule has 1 aromatic carbocycles. The van der Waals surface area contributed by atoms with Crippen molar-refractivity contribution in [3.05, 3.63) is 24.3 Å². The van der Waals surface area contributed by atoms with E-state index in [1.165, 1.54) is 0 Å². The van der Waals surface area contributed by atoms with E-state index in [2.05, 4.69) is 20.5 Å². The zero-order chi connectivity index (χ0) is 13.0. The molecule has 18 heavy (non-hydrogen) atoms. The number of halogens is 3. The number of para-hydroxylation sites is 1. The number of hydrogen-bond acceptors (Lipinski definition) is 4. The Bertz CT molecular complexity index is 527. The molecule has 2 aromatic rings. The highest BCUT2D eigenvalue weighted by Crippen LogP contribution is 2.21. The number of benzene rings is 1. The summed E-state index contributed by atoms with van der Waals surface area (Å²) in [5, 5.41) is 10.4. The number of nitrogens with one attached hydrogen (secondary N) is 1. The van der Waals surface area contributed by atoms with Crippen molar-refractivity contribution in [2.45, 2.75) is 19.0 Å². The second kappa shape index (κ2) is 5.16. The monoisotopic (exact) mass is 256 g/mol. The van der Waals surface area contributed by atoms with Gasteiger partial charge in [-0.1, -0.05) is 12.1 Å². The molecule has 0 atom stereocenters. The summed E-state index contributed by atoms with van der Waals surface area (Å²) in [5.41, 5.74) is 1.31. The third-order valence-corrected chi connectivity index (χ3v) is 2.28. The molecule has 0 unspecified atom stereocenters. The van der Waals surface area contributed by atoms with E-state index in [-0.39, 0.29) is 18.9 Å². The lowest BCUT2D eigenvalue weighted by atomic mass is 10.3. The Kier molecular flexibility index (Phi) is 3.59. The molecule has 0 aliphatic carbocycles. The number of aromatic nitrogens is 3. The lowest BCUT2D eigenvalue weighted by Gasteiger charge is -2.07. The first-order chi connectivity index (χ1) is 8.54. The van der Waals surface area contributed by atoms with Crippen LogP contribution in [0.2, 0.25) is 0 Å². The van der Waals surface area contributed by atoms with Gasteiger partial charge >= 0.3 is 6.18 Å². The van der Waals surface area contributed by atoms with E-state index in [0.717, 1.165) is 0 Å². The summed E-state index contributed by atoms with van der Waals surface area (Å²) in [4.78, 5) is 4.14. The molecule has 0 spiro atoms. The van der Waals surface area contributed by atoms with Crippen LogP contribution in [0, 0.1) is 0 Å². The maximum absolute atomic E-state index is 11.9. The standard InChI is InChI=1S/C11H11F3N4/c12-11(13,14)6-3-7-15-10-16-8-4-1-2-5-9(8)17-18-10/h1-2,4-5H,3,6-7H2,(H,15,16,18). The van der Waals surface area contributed by atoms with Gasteiger partial charge in [0, 0.05) is 13.0 Å². The van der Waals surface area contributed by atoms with Crippen LogP contribution >= 0.6 is 0 Å². The Hall–Kier alpha value is -1.92.